The first-order chi connectivity index (χ1) is 10.2. The maximum absolute atomic E-state index is 5.96. The van der Waals surface area contributed by atoms with E-state index in [1.807, 2.05) is 18.2 Å². The zero-order valence-electron chi connectivity index (χ0n) is 12.2. The largest absolute Gasteiger partial charge is 0.495 e. The van der Waals surface area contributed by atoms with Gasteiger partial charge >= 0.3 is 0 Å². The van der Waals surface area contributed by atoms with Gasteiger partial charge in [-0.25, -0.2) is 0 Å². The number of ether oxygens (including phenoxy) is 2. The molecule has 2 aromatic rings. The van der Waals surface area contributed by atoms with Crippen LogP contribution in [-0.2, 0) is 6.42 Å². The third-order valence-electron chi connectivity index (χ3n) is 3.64. The molecule has 1 heterocycles. The van der Waals surface area contributed by atoms with Crippen molar-refractivity contribution >= 4 is 21.6 Å². The van der Waals surface area contributed by atoms with E-state index in [0.29, 0.717) is 0 Å². The molecule has 0 radical (unpaired) electrons. The van der Waals surface area contributed by atoms with E-state index in [1.54, 1.807) is 7.11 Å². The number of methoxy groups -OCH3 is 1. The van der Waals surface area contributed by atoms with Crippen molar-refractivity contribution < 1.29 is 9.47 Å². The molecule has 1 aliphatic rings. The Balaban J connectivity index is 1.62. The molecule has 3 nitrogen and oxygen atoms in total. The number of halogens is 1. The lowest BCUT2D eigenvalue weighted by atomic mass is 10.1. The van der Waals surface area contributed by atoms with Crippen LogP contribution in [0.2, 0.25) is 0 Å². The molecule has 0 saturated carbocycles. The molecule has 1 N–H and O–H groups in total. The molecule has 0 aromatic heterocycles. The summed E-state index contributed by atoms with van der Waals surface area (Å²) in [5.41, 5.74) is 3.62. The van der Waals surface area contributed by atoms with Gasteiger partial charge in [-0.15, -0.1) is 0 Å². The second kappa shape index (κ2) is 5.98. The molecule has 1 aliphatic heterocycles. The van der Waals surface area contributed by atoms with Crippen molar-refractivity contribution in [2.45, 2.75) is 19.4 Å². The number of benzene rings is 2. The van der Waals surface area contributed by atoms with Crippen molar-refractivity contribution in [2.24, 2.45) is 0 Å². The van der Waals surface area contributed by atoms with Crippen LogP contribution in [0.4, 0.5) is 5.69 Å². The number of nitrogens with one attached hydrogen (secondary N) is 1. The summed E-state index contributed by atoms with van der Waals surface area (Å²) in [4.78, 5) is 0. The van der Waals surface area contributed by atoms with Crippen molar-refractivity contribution in [1.29, 1.82) is 0 Å². The lowest BCUT2D eigenvalue weighted by molar-refractivity contribution is 0.246. The normalized spacial score (nSPS) is 16.2. The van der Waals surface area contributed by atoms with Gasteiger partial charge in [-0.05, 0) is 46.6 Å². The van der Waals surface area contributed by atoms with Crippen LogP contribution in [0.25, 0.3) is 0 Å². The van der Waals surface area contributed by atoms with Crippen LogP contribution in [0.5, 0.6) is 11.5 Å². The number of hydrogen-bond donors (Lipinski definition) is 1. The summed E-state index contributed by atoms with van der Waals surface area (Å²) in [6.45, 7) is 2.89. The van der Waals surface area contributed by atoms with Crippen molar-refractivity contribution in [3.8, 4) is 11.5 Å². The Kier molecular flexibility index (Phi) is 4.06. The number of rotatable bonds is 4. The van der Waals surface area contributed by atoms with E-state index >= 15 is 0 Å². The fraction of sp³-hybridized carbons (Fsp3) is 0.294. The highest BCUT2D eigenvalue weighted by atomic mass is 79.9. The summed E-state index contributed by atoms with van der Waals surface area (Å²) in [6, 6.07) is 12.4. The minimum absolute atomic E-state index is 0.177. The third kappa shape index (κ3) is 3.16. The van der Waals surface area contributed by atoms with Crippen LogP contribution in [-0.4, -0.2) is 19.8 Å². The first kappa shape index (κ1) is 14.3. The van der Waals surface area contributed by atoms with E-state index in [2.05, 4.69) is 46.4 Å². The molecule has 0 fully saturated rings. The molecular weight excluding hydrogens is 330 g/mol. The predicted molar refractivity (Wildman–Crippen MR) is 88.5 cm³/mol. The van der Waals surface area contributed by atoms with Gasteiger partial charge in [0.15, 0.2) is 0 Å². The molecule has 2 aromatic carbocycles. The quantitative estimate of drug-likeness (QED) is 0.899. The Morgan fingerprint density at radius 3 is 2.95 bits per heavy atom. The molecule has 4 heteroatoms. The smallest absolute Gasteiger partial charge is 0.135 e. The number of aryl methyl sites for hydroxylation is 1. The topological polar surface area (TPSA) is 30.5 Å². The van der Waals surface area contributed by atoms with E-state index in [1.165, 1.54) is 11.1 Å². The zero-order chi connectivity index (χ0) is 14.8. The van der Waals surface area contributed by atoms with E-state index in [0.717, 1.165) is 34.6 Å². The Morgan fingerprint density at radius 1 is 1.29 bits per heavy atom. The van der Waals surface area contributed by atoms with Gasteiger partial charge in [0, 0.05) is 18.2 Å². The highest BCUT2D eigenvalue weighted by Crippen LogP contribution is 2.31. The third-order valence-corrected chi connectivity index (χ3v) is 4.30. The number of fused-ring (bicyclic) bond motifs is 1. The van der Waals surface area contributed by atoms with Gasteiger partial charge in [0.2, 0.25) is 0 Å². The Bertz CT molecular complexity index is 657. The molecule has 0 aliphatic carbocycles. The monoisotopic (exact) mass is 347 g/mol. The summed E-state index contributed by atoms with van der Waals surface area (Å²) in [6.07, 6.45) is 1.13. The summed E-state index contributed by atoms with van der Waals surface area (Å²) < 4.78 is 12.2. The molecule has 0 amide bonds. The zero-order valence-corrected chi connectivity index (χ0v) is 13.7. The van der Waals surface area contributed by atoms with Crippen LogP contribution in [0.15, 0.2) is 40.9 Å². The van der Waals surface area contributed by atoms with Gasteiger partial charge in [0.1, 0.15) is 17.6 Å². The van der Waals surface area contributed by atoms with E-state index in [4.69, 9.17) is 9.47 Å². The maximum atomic E-state index is 5.96. The maximum Gasteiger partial charge on any atom is 0.135 e. The van der Waals surface area contributed by atoms with Crippen LogP contribution in [0, 0.1) is 6.92 Å². The van der Waals surface area contributed by atoms with E-state index < -0.39 is 0 Å². The van der Waals surface area contributed by atoms with Crippen molar-refractivity contribution in [1.82, 2.24) is 0 Å². The van der Waals surface area contributed by atoms with Gasteiger partial charge in [0.05, 0.1) is 18.1 Å². The highest BCUT2D eigenvalue weighted by Gasteiger charge is 2.22. The van der Waals surface area contributed by atoms with Gasteiger partial charge in [0.25, 0.3) is 0 Å². The Morgan fingerprint density at radius 2 is 2.14 bits per heavy atom. The van der Waals surface area contributed by atoms with Gasteiger partial charge in [-0.2, -0.15) is 0 Å². The van der Waals surface area contributed by atoms with Gasteiger partial charge in [-0.3, -0.25) is 0 Å². The molecule has 110 valence electrons. The van der Waals surface area contributed by atoms with Gasteiger partial charge < -0.3 is 14.8 Å². The summed E-state index contributed by atoms with van der Waals surface area (Å²) >= 11 is 3.46. The fourth-order valence-corrected chi connectivity index (χ4v) is 2.97. The SMILES string of the molecule is COc1cc(NCC2Cc3cc(C)ccc3O2)ccc1Br. The summed E-state index contributed by atoms with van der Waals surface area (Å²) in [5, 5.41) is 3.41. The molecule has 1 atom stereocenters. The Labute approximate surface area is 133 Å². The number of hydrogen-bond acceptors (Lipinski definition) is 3. The average Bonchev–Trinajstić information content (AvgIpc) is 2.88. The molecule has 21 heavy (non-hydrogen) atoms. The minimum atomic E-state index is 0.177. The summed E-state index contributed by atoms with van der Waals surface area (Å²) in [5.74, 6) is 1.84. The van der Waals surface area contributed by atoms with E-state index in [-0.39, 0.29) is 6.10 Å². The lowest BCUT2D eigenvalue weighted by Gasteiger charge is -2.14. The predicted octanol–water partition coefficient (Wildman–Crippen LogP) is 4.18. The summed E-state index contributed by atoms with van der Waals surface area (Å²) in [7, 11) is 1.67. The van der Waals surface area contributed by atoms with Gasteiger partial charge in [-0.1, -0.05) is 17.7 Å². The van der Waals surface area contributed by atoms with Crippen molar-refractivity contribution in [2.75, 3.05) is 19.0 Å². The van der Waals surface area contributed by atoms with Crippen molar-refractivity contribution in [3.63, 3.8) is 0 Å². The fourth-order valence-electron chi connectivity index (χ4n) is 2.56. The second-order valence-electron chi connectivity index (χ2n) is 5.29. The molecule has 1 unspecified atom stereocenters. The first-order valence-electron chi connectivity index (χ1n) is 6.99. The van der Waals surface area contributed by atoms with Crippen LogP contribution in [0.1, 0.15) is 11.1 Å². The number of anilines is 1. The second-order valence-corrected chi connectivity index (χ2v) is 6.14. The standard InChI is InChI=1S/C17H18BrNO2/c1-11-3-6-16-12(7-11)8-14(21-16)10-19-13-4-5-15(18)17(9-13)20-2/h3-7,9,14,19H,8,10H2,1-2H3. The van der Waals surface area contributed by atoms with Crippen LogP contribution >= 0.6 is 15.9 Å². The molecule has 0 bridgehead atoms. The molecular formula is C17H18BrNO2. The minimum Gasteiger partial charge on any atom is -0.495 e. The molecule has 0 saturated heterocycles. The van der Waals surface area contributed by atoms with Crippen molar-refractivity contribution in [3.05, 3.63) is 52.0 Å². The molecule has 0 spiro atoms. The first-order valence-corrected chi connectivity index (χ1v) is 7.78. The lowest BCUT2D eigenvalue weighted by Crippen LogP contribution is -2.23. The van der Waals surface area contributed by atoms with Crippen LogP contribution < -0.4 is 14.8 Å². The average molecular weight is 348 g/mol. The Hall–Kier alpha value is -1.68. The molecule has 3 rings (SSSR count). The highest BCUT2D eigenvalue weighted by molar-refractivity contribution is 9.10. The van der Waals surface area contributed by atoms with E-state index in [9.17, 15) is 0 Å². The van der Waals surface area contributed by atoms with Crippen LogP contribution in [0.3, 0.4) is 0 Å².